The third kappa shape index (κ3) is 3.07. The highest BCUT2D eigenvalue weighted by molar-refractivity contribution is 5.88. The molecule has 0 bridgehead atoms. The average Bonchev–Trinajstić information content (AvgIpc) is 3.03. The zero-order valence-electron chi connectivity index (χ0n) is 14.5. The molecule has 1 aromatic heterocycles. The summed E-state index contributed by atoms with van der Waals surface area (Å²) in [4.78, 5) is 36.8. The van der Waals surface area contributed by atoms with E-state index >= 15 is 0 Å². The standard InChI is InChI=1S/C18H25N5O2/c19-17(25)12-9-16(24)23(10-12)13-5-7-22(8-6-13)18-14-3-1-2-4-15(14)20-11-21-18/h11-13H,1-10H2,(H2,19,25). The van der Waals surface area contributed by atoms with Gasteiger partial charge in [0.15, 0.2) is 0 Å². The number of rotatable bonds is 3. The quantitative estimate of drug-likeness (QED) is 0.870. The number of piperidine rings is 1. The Hall–Kier alpha value is -2.18. The van der Waals surface area contributed by atoms with Gasteiger partial charge in [0, 0.05) is 43.4 Å². The molecule has 3 aliphatic rings. The first kappa shape index (κ1) is 16.3. The van der Waals surface area contributed by atoms with Crippen LogP contribution in [0.25, 0.3) is 0 Å². The van der Waals surface area contributed by atoms with Crippen molar-refractivity contribution in [2.75, 3.05) is 24.5 Å². The summed E-state index contributed by atoms with van der Waals surface area (Å²) in [5, 5.41) is 0. The molecule has 134 valence electrons. The predicted octanol–water partition coefficient (Wildman–Crippen LogP) is 0.658. The van der Waals surface area contributed by atoms with Crippen molar-refractivity contribution >= 4 is 17.6 Å². The van der Waals surface area contributed by atoms with Crippen LogP contribution in [0.15, 0.2) is 6.33 Å². The molecule has 7 heteroatoms. The number of likely N-dealkylation sites (tertiary alicyclic amines) is 1. The number of aromatic nitrogens is 2. The van der Waals surface area contributed by atoms with Gasteiger partial charge in [-0.2, -0.15) is 0 Å². The van der Waals surface area contributed by atoms with Crippen molar-refractivity contribution < 1.29 is 9.59 Å². The lowest BCUT2D eigenvalue weighted by atomic mass is 9.95. The Labute approximate surface area is 147 Å². The van der Waals surface area contributed by atoms with Gasteiger partial charge in [0.05, 0.1) is 5.92 Å². The molecule has 0 aromatic carbocycles. The number of aryl methyl sites for hydroxylation is 1. The van der Waals surface area contributed by atoms with Crippen LogP contribution in [0.5, 0.6) is 0 Å². The molecule has 0 radical (unpaired) electrons. The van der Waals surface area contributed by atoms with Crippen LogP contribution in [0.1, 0.15) is 43.4 Å². The minimum Gasteiger partial charge on any atom is -0.369 e. The Bertz CT molecular complexity index is 684. The lowest BCUT2D eigenvalue weighted by molar-refractivity contribution is -0.130. The summed E-state index contributed by atoms with van der Waals surface area (Å²) >= 11 is 0. The Morgan fingerprint density at radius 1 is 1.16 bits per heavy atom. The van der Waals surface area contributed by atoms with Crippen molar-refractivity contribution in [3.63, 3.8) is 0 Å². The van der Waals surface area contributed by atoms with Gasteiger partial charge < -0.3 is 15.5 Å². The van der Waals surface area contributed by atoms with Crippen LogP contribution in [0, 0.1) is 5.92 Å². The fraction of sp³-hybridized carbons (Fsp3) is 0.667. The molecule has 2 fully saturated rings. The highest BCUT2D eigenvalue weighted by atomic mass is 16.2. The van der Waals surface area contributed by atoms with Crippen LogP contribution >= 0.6 is 0 Å². The SMILES string of the molecule is NC(=O)C1CC(=O)N(C2CCN(c3ncnc4c3CCCC4)CC2)C1. The van der Waals surface area contributed by atoms with Gasteiger partial charge in [-0.25, -0.2) is 9.97 Å². The topological polar surface area (TPSA) is 92.4 Å². The van der Waals surface area contributed by atoms with Gasteiger partial charge in [-0.3, -0.25) is 9.59 Å². The van der Waals surface area contributed by atoms with E-state index in [9.17, 15) is 9.59 Å². The van der Waals surface area contributed by atoms with Crippen molar-refractivity contribution in [2.24, 2.45) is 11.7 Å². The zero-order chi connectivity index (χ0) is 17.4. The molecule has 2 N–H and O–H groups in total. The van der Waals surface area contributed by atoms with Gasteiger partial charge >= 0.3 is 0 Å². The van der Waals surface area contributed by atoms with Gasteiger partial charge in [0.1, 0.15) is 12.1 Å². The number of amides is 2. The minimum atomic E-state index is -0.360. The van der Waals surface area contributed by atoms with Gasteiger partial charge in [-0.15, -0.1) is 0 Å². The third-order valence-electron chi connectivity index (χ3n) is 5.87. The van der Waals surface area contributed by atoms with E-state index in [0.29, 0.717) is 6.54 Å². The maximum atomic E-state index is 12.2. The number of hydrogen-bond donors (Lipinski definition) is 1. The number of anilines is 1. The molecule has 2 amide bonds. The molecular formula is C18H25N5O2. The van der Waals surface area contributed by atoms with Crippen molar-refractivity contribution in [1.29, 1.82) is 0 Å². The number of nitrogens with two attached hydrogens (primary N) is 1. The van der Waals surface area contributed by atoms with Crippen LogP contribution in [-0.2, 0) is 22.4 Å². The Morgan fingerprint density at radius 3 is 2.64 bits per heavy atom. The Kier molecular flexibility index (Phi) is 4.31. The lowest BCUT2D eigenvalue weighted by Gasteiger charge is -2.38. The number of fused-ring (bicyclic) bond motifs is 1. The average molecular weight is 343 g/mol. The Morgan fingerprint density at radius 2 is 1.92 bits per heavy atom. The van der Waals surface area contributed by atoms with E-state index in [1.54, 1.807) is 6.33 Å². The third-order valence-corrected chi connectivity index (χ3v) is 5.87. The number of carbonyl (C=O) groups is 2. The maximum Gasteiger partial charge on any atom is 0.223 e. The molecule has 7 nitrogen and oxygen atoms in total. The van der Waals surface area contributed by atoms with Crippen LogP contribution in [-0.4, -0.2) is 52.4 Å². The molecule has 1 atom stereocenters. The summed E-state index contributed by atoms with van der Waals surface area (Å²) in [7, 11) is 0. The van der Waals surface area contributed by atoms with Gasteiger partial charge in [0.2, 0.25) is 11.8 Å². The van der Waals surface area contributed by atoms with Crippen LogP contribution in [0.3, 0.4) is 0 Å². The molecule has 2 saturated heterocycles. The number of hydrogen-bond acceptors (Lipinski definition) is 5. The summed E-state index contributed by atoms with van der Waals surface area (Å²) < 4.78 is 0. The second kappa shape index (κ2) is 6.61. The predicted molar refractivity (Wildman–Crippen MR) is 92.9 cm³/mol. The van der Waals surface area contributed by atoms with E-state index in [-0.39, 0.29) is 30.2 Å². The first-order valence-electron chi connectivity index (χ1n) is 9.30. The van der Waals surface area contributed by atoms with E-state index < -0.39 is 0 Å². The smallest absolute Gasteiger partial charge is 0.223 e. The molecule has 2 aliphatic heterocycles. The first-order valence-corrected chi connectivity index (χ1v) is 9.30. The molecular weight excluding hydrogens is 318 g/mol. The molecule has 25 heavy (non-hydrogen) atoms. The molecule has 1 aromatic rings. The highest BCUT2D eigenvalue weighted by Gasteiger charge is 2.38. The summed E-state index contributed by atoms with van der Waals surface area (Å²) in [5.41, 5.74) is 7.90. The summed E-state index contributed by atoms with van der Waals surface area (Å²) in [6, 6.07) is 0.214. The van der Waals surface area contributed by atoms with Gasteiger partial charge in [0.25, 0.3) is 0 Å². The second-order valence-corrected chi connectivity index (χ2v) is 7.40. The van der Waals surface area contributed by atoms with Crippen LogP contribution < -0.4 is 10.6 Å². The fourth-order valence-electron chi connectivity index (χ4n) is 4.44. The highest BCUT2D eigenvalue weighted by Crippen LogP contribution is 2.31. The summed E-state index contributed by atoms with van der Waals surface area (Å²) in [5.74, 6) is 0.480. The van der Waals surface area contributed by atoms with E-state index in [0.717, 1.165) is 44.6 Å². The molecule has 4 rings (SSSR count). The number of primary amides is 1. The van der Waals surface area contributed by atoms with Crippen LogP contribution in [0.2, 0.25) is 0 Å². The van der Waals surface area contributed by atoms with Crippen molar-refractivity contribution in [1.82, 2.24) is 14.9 Å². The normalized spacial score (nSPS) is 24.5. The zero-order valence-corrected chi connectivity index (χ0v) is 14.5. The van der Waals surface area contributed by atoms with Crippen LogP contribution in [0.4, 0.5) is 5.82 Å². The molecule has 1 aliphatic carbocycles. The summed E-state index contributed by atoms with van der Waals surface area (Å²) in [6.45, 7) is 2.26. The molecule has 1 unspecified atom stereocenters. The first-order chi connectivity index (χ1) is 12.1. The largest absolute Gasteiger partial charge is 0.369 e. The van der Waals surface area contributed by atoms with Crippen molar-refractivity contribution in [2.45, 2.75) is 51.0 Å². The van der Waals surface area contributed by atoms with Gasteiger partial charge in [-0.1, -0.05) is 0 Å². The monoisotopic (exact) mass is 343 g/mol. The lowest BCUT2D eigenvalue weighted by Crippen LogP contribution is -2.46. The molecule has 3 heterocycles. The van der Waals surface area contributed by atoms with Crippen molar-refractivity contribution in [3.05, 3.63) is 17.6 Å². The van der Waals surface area contributed by atoms with E-state index in [1.165, 1.54) is 24.1 Å². The second-order valence-electron chi connectivity index (χ2n) is 7.40. The summed E-state index contributed by atoms with van der Waals surface area (Å²) in [6.07, 6.45) is 8.33. The van der Waals surface area contributed by atoms with Gasteiger partial charge in [-0.05, 0) is 38.5 Å². The van der Waals surface area contributed by atoms with E-state index in [1.807, 2.05) is 4.90 Å². The molecule has 0 saturated carbocycles. The molecule has 0 spiro atoms. The fourth-order valence-corrected chi connectivity index (χ4v) is 4.44. The van der Waals surface area contributed by atoms with E-state index in [2.05, 4.69) is 14.9 Å². The van der Waals surface area contributed by atoms with Crippen molar-refractivity contribution in [3.8, 4) is 0 Å². The number of nitrogens with zero attached hydrogens (tertiary/aromatic N) is 4. The number of carbonyl (C=O) groups excluding carboxylic acids is 2. The maximum absolute atomic E-state index is 12.2. The van der Waals surface area contributed by atoms with E-state index in [4.69, 9.17) is 5.73 Å². The minimum absolute atomic E-state index is 0.0710. The Balaban J connectivity index is 1.42.